The number of nitrogens with zero attached hydrogens (tertiary/aromatic N) is 2. The average molecular weight is 389 g/mol. The lowest BCUT2D eigenvalue weighted by Crippen LogP contribution is -2.47. The van der Waals surface area contributed by atoms with Crippen LogP contribution in [0.25, 0.3) is 0 Å². The van der Waals surface area contributed by atoms with Gasteiger partial charge in [0.15, 0.2) is 12.4 Å². The summed E-state index contributed by atoms with van der Waals surface area (Å²) in [6.45, 7) is 6.82. The van der Waals surface area contributed by atoms with Gasteiger partial charge in [0.25, 0.3) is 0 Å². The summed E-state index contributed by atoms with van der Waals surface area (Å²) in [7, 11) is 0. The molecule has 0 unspecified atom stereocenters. The van der Waals surface area contributed by atoms with Crippen molar-refractivity contribution in [2.24, 2.45) is 4.99 Å². The summed E-state index contributed by atoms with van der Waals surface area (Å²) >= 11 is 11.7. The molecule has 26 heavy (non-hydrogen) atoms. The summed E-state index contributed by atoms with van der Waals surface area (Å²) < 4.78 is 1.83. The van der Waals surface area contributed by atoms with Crippen LogP contribution in [0.2, 0.25) is 5.02 Å². The first-order valence-corrected chi connectivity index (χ1v) is 9.82. The van der Waals surface area contributed by atoms with Gasteiger partial charge in [0.2, 0.25) is 11.8 Å². The maximum atomic E-state index is 13.2. The van der Waals surface area contributed by atoms with E-state index in [9.17, 15) is 4.79 Å². The minimum Gasteiger partial charge on any atom is -0.758 e. The largest absolute Gasteiger partial charge is 0.758 e. The highest BCUT2D eigenvalue weighted by molar-refractivity contribution is 7.77. The molecule has 0 aliphatic heterocycles. The lowest BCUT2D eigenvalue weighted by molar-refractivity contribution is -0.692. The van der Waals surface area contributed by atoms with Gasteiger partial charge in [-0.05, 0) is 48.4 Å². The molecule has 2 rings (SSSR count). The highest BCUT2D eigenvalue weighted by Gasteiger charge is 2.29. The average Bonchev–Trinajstić information content (AvgIpc) is 2.64. The Bertz CT molecular complexity index is 770. The predicted octanol–water partition coefficient (Wildman–Crippen LogP) is 4.92. The van der Waals surface area contributed by atoms with Gasteiger partial charge in [-0.1, -0.05) is 37.6 Å². The Morgan fingerprint density at radius 2 is 1.73 bits per heavy atom. The molecule has 0 bridgehead atoms. The van der Waals surface area contributed by atoms with Crippen LogP contribution in [0, 0.1) is 0 Å². The lowest BCUT2D eigenvalue weighted by Gasteiger charge is -2.19. The number of carbonyl (C=O) groups excluding carboxylic acids is 1. The standard InChI is InChI=1S/C21H25ClN2OS/c1-4-15(5-2)16-11-13-24(14-12-16)19(21(26)23-6-3)20(25)17-9-7-8-10-18(17)22/h7-15,19H,4-6H2,1-3H3/t19-/m0/s1. The molecule has 0 fully saturated rings. The molecule has 1 aromatic carbocycles. The monoisotopic (exact) mass is 388 g/mol. The third-order valence-electron chi connectivity index (χ3n) is 4.57. The number of halogens is 1. The Kier molecular flexibility index (Phi) is 7.73. The molecule has 1 aromatic heterocycles. The quantitative estimate of drug-likeness (QED) is 0.211. The van der Waals surface area contributed by atoms with E-state index in [-0.39, 0.29) is 5.78 Å². The van der Waals surface area contributed by atoms with Crippen LogP contribution in [0.1, 0.15) is 61.5 Å². The molecule has 138 valence electrons. The molecule has 0 spiro atoms. The minimum atomic E-state index is -0.666. The summed E-state index contributed by atoms with van der Waals surface area (Å²) in [6.07, 6.45) is 6.02. The van der Waals surface area contributed by atoms with E-state index < -0.39 is 6.04 Å². The van der Waals surface area contributed by atoms with Crippen LogP contribution in [-0.2, 0) is 12.6 Å². The first-order valence-electron chi connectivity index (χ1n) is 9.04. The number of rotatable bonds is 8. The third kappa shape index (κ3) is 4.68. The summed E-state index contributed by atoms with van der Waals surface area (Å²) in [4.78, 5) is 17.5. The number of aliphatic imine (C=N–C) groups is 1. The van der Waals surface area contributed by atoms with E-state index in [1.807, 2.05) is 23.9 Å². The summed E-state index contributed by atoms with van der Waals surface area (Å²) in [5.41, 5.74) is 1.73. The van der Waals surface area contributed by atoms with Crippen molar-refractivity contribution < 1.29 is 9.36 Å². The first-order chi connectivity index (χ1) is 12.5. The van der Waals surface area contributed by atoms with E-state index >= 15 is 0 Å². The molecule has 0 radical (unpaired) electrons. The van der Waals surface area contributed by atoms with Crippen molar-refractivity contribution >= 4 is 35.1 Å². The van der Waals surface area contributed by atoms with Gasteiger partial charge in [-0.2, -0.15) is 4.57 Å². The molecule has 1 atom stereocenters. The number of benzene rings is 1. The molecule has 0 amide bonds. The zero-order valence-electron chi connectivity index (χ0n) is 15.5. The van der Waals surface area contributed by atoms with Crippen molar-refractivity contribution in [3.05, 3.63) is 64.9 Å². The van der Waals surface area contributed by atoms with E-state index in [0.717, 1.165) is 12.8 Å². The van der Waals surface area contributed by atoms with Crippen LogP contribution < -0.4 is 4.57 Å². The number of ketones is 1. The van der Waals surface area contributed by atoms with Crippen molar-refractivity contribution in [1.82, 2.24) is 0 Å². The van der Waals surface area contributed by atoms with Crippen molar-refractivity contribution in [2.45, 2.75) is 45.6 Å². The van der Waals surface area contributed by atoms with Gasteiger partial charge in [0.1, 0.15) is 0 Å². The molecule has 0 N–H and O–H groups in total. The highest BCUT2D eigenvalue weighted by atomic mass is 35.5. The van der Waals surface area contributed by atoms with Crippen LogP contribution in [0.15, 0.2) is 53.8 Å². The van der Waals surface area contributed by atoms with Crippen LogP contribution in [0.5, 0.6) is 0 Å². The van der Waals surface area contributed by atoms with Crippen LogP contribution in [0.4, 0.5) is 0 Å². The van der Waals surface area contributed by atoms with Crippen molar-refractivity contribution in [3.63, 3.8) is 0 Å². The molecule has 0 aliphatic rings. The highest BCUT2D eigenvalue weighted by Crippen LogP contribution is 2.23. The second-order valence-corrected chi connectivity index (χ2v) is 6.98. The Balaban J connectivity index is 2.44. The molecular formula is C21H25ClN2OS. The Hall–Kier alpha value is -1.78. The van der Waals surface area contributed by atoms with Crippen LogP contribution in [-0.4, -0.2) is 17.4 Å². The van der Waals surface area contributed by atoms with E-state index in [2.05, 4.69) is 31.0 Å². The number of aromatic nitrogens is 1. The topological polar surface area (TPSA) is 33.3 Å². The predicted molar refractivity (Wildman–Crippen MR) is 110 cm³/mol. The SMILES string of the molecule is CCN=C([S-])[C@H](C(=O)c1ccccc1Cl)[n+]1ccc(C(CC)CC)cc1. The molecular weight excluding hydrogens is 364 g/mol. The Morgan fingerprint density at radius 3 is 2.27 bits per heavy atom. The van der Waals surface area contributed by atoms with Crippen LogP contribution in [0.3, 0.4) is 0 Å². The molecule has 3 nitrogen and oxygen atoms in total. The fraction of sp³-hybridized carbons (Fsp3) is 0.381. The molecule has 1 heterocycles. The molecule has 2 aromatic rings. The Labute approximate surface area is 166 Å². The molecule has 0 saturated carbocycles. The van der Waals surface area contributed by atoms with Gasteiger partial charge in [-0.15, -0.1) is 0 Å². The molecule has 0 aliphatic carbocycles. The molecule has 5 heteroatoms. The van der Waals surface area contributed by atoms with Gasteiger partial charge in [-0.25, -0.2) is 0 Å². The van der Waals surface area contributed by atoms with Gasteiger partial charge in [-0.3, -0.25) is 4.79 Å². The summed E-state index contributed by atoms with van der Waals surface area (Å²) in [5.74, 6) is 0.382. The second kappa shape index (κ2) is 9.79. The normalized spacial score (nSPS) is 13.0. The van der Waals surface area contributed by atoms with Gasteiger partial charge in [0.05, 0.1) is 5.02 Å². The minimum absolute atomic E-state index is 0.141. The Morgan fingerprint density at radius 1 is 1.12 bits per heavy atom. The number of carbonyl (C=O) groups is 1. The zero-order chi connectivity index (χ0) is 19.1. The second-order valence-electron chi connectivity index (χ2n) is 6.15. The van der Waals surface area contributed by atoms with Gasteiger partial charge < -0.3 is 17.6 Å². The lowest BCUT2D eigenvalue weighted by atomic mass is 9.95. The van der Waals surface area contributed by atoms with Crippen molar-refractivity contribution in [1.29, 1.82) is 0 Å². The van der Waals surface area contributed by atoms with Crippen molar-refractivity contribution in [2.75, 3.05) is 6.54 Å². The van der Waals surface area contributed by atoms with E-state index in [1.54, 1.807) is 24.3 Å². The van der Waals surface area contributed by atoms with E-state index in [0.29, 0.717) is 28.1 Å². The first kappa shape index (κ1) is 20.5. The smallest absolute Gasteiger partial charge is 0.237 e. The number of hydrogen-bond acceptors (Lipinski definition) is 3. The number of hydrogen-bond donors (Lipinski definition) is 0. The van der Waals surface area contributed by atoms with Crippen LogP contribution >= 0.6 is 11.6 Å². The number of pyridine rings is 1. The maximum absolute atomic E-state index is 13.2. The number of Topliss-reactive ketones (excluding diaryl/α,β-unsaturated/α-hetero) is 1. The summed E-state index contributed by atoms with van der Waals surface area (Å²) in [5, 5.41) is 0.800. The van der Waals surface area contributed by atoms with E-state index in [1.165, 1.54) is 5.56 Å². The maximum Gasteiger partial charge on any atom is 0.237 e. The third-order valence-corrected chi connectivity index (χ3v) is 5.25. The van der Waals surface area contributed by atoms with Crippen molar-refractivity contribution in [3.8, 4) is 0 Å². The zero-order valence-corrected chi connectivity index (χ0v) is 17.1. The van der Waals surface area contributed by atoms with Gasteiger partial charge >= 0.3 is 0 Å². The fourth-order valence-electron chi connectivity index (χ4n) is 3.08. The molecule has 0 saturated heterocycles. The fourth-order valence-corrected chi connectivity index (χ4v) is 3.67. The van der Waals surface area contributed by atoms with Gasteiger partial charge in [0, 0.05) is 24.2 Å². The summed E-state index contributed by atoms with van der Waals surface area (Å²) in [6, 6.07) is 10.5. The van der Waals surface area contributed by atoms with E-state index in [4.69, 9.17) is 24.2 Å².